The molecular formula is C32H32N2O. The highest BCUT2D eigenvalue weighted by Gasteiger charge is 2.47. The van der Waals surface area contributed by atoms with Gasteiger partial charge < -0.3 is 9.80 Å². The van der Waals surface area contributed by atoms with Crippen LogP contribution < -0.4 is 4.90 Å². The second-order valence-corrected chi connectivity index (χ2v) is 10.2. The SMILES string of the molecule is CN1CCCN(c2ccc3c4c(cccc24)C(=O)C3(Cc2ccccc2)Cc2ccccc2)CC1. The van der Waals surface area contributed by atoms with Crippen LogP contribution in [0.1, 0.15) is 33.5 Å². The van der Waals surface area contributed by atoms with Gasteiger partial charge in [-0.1, -0.05) is 84.9 Å². The number of likely N-dealkylation sites (N-methyl/N-ethyl adjacent to an activating group) is 1. The first-order chi connectivity index (χ1) is 17.2. The van der Waals surface area contributed by atoms with Crippen molar-refractivity contribution in [2.75, 3.05) is 38.1 Å². The van der Waals surface area contributed by atoms with Gasteiger partial charge in [0.2, 0.25) is 0 Å². The van der Waals surface area contributed by atoms with Crippen molar-refractivity contribution in [1.29, 1.82) is 0 Å². The fourth-order valence-electron chi connectivity index (χ4n) is 6.22. The minimum absolute atomic E-state index is 0.263. The molecule has 0 N–H and O–H groups in total. The average molecular weight is 461 g/mol. The molecule has 0 atom stereocenters. The molecule has 0 amide bonds. The monoisotopic (exact) mass is 460 g/mol. The van der Waals surface area contributed by atoms with E-state index in [2.05, 4.69) is 89.6 Å². The molecule has 4 aromatic rings. The summed E-state index contributed by atoms with van der Waals surface area (Å²) in [5.41, 5.74) is 5.16. The second kappa shape index (κ2) is 8.98. The van der Waals surface area contributed by atoms with Crippen LogP contribution in [-0.4, -0.2) is 43.9 Å². The van der Waals surface area contributed by atoms with E-state index in [1.165, 1.54) is 33.2 Å². The quantitative estimate of drug-likeness (QED) is 0.370. The van der Waals surface area contributed by atoms with Gasteiger partial charge in [-0.05, 0) is 61.0 Å². The standard InChI is InChI=1S/C32H32N2O/c1-33-18-9-19-34(21-20-33)29-17-16-28-30-26(29)14-8-15-27(30)31(35)32(28,22-24-10-4-2-5-11-24)23-25-12-6-3-7-13-25/h2-8,10-17H,9,18-23H2,1H3. The van der Waals surface area contributed by atoms with Crippen molar-refractivity contribution >= 4 is 22.2 Å². The predicted molar refractivity (Wildman–Crippen MR) is 145 cm³/mol. The Labute approximate surface area is 208 Å². The number of nitrogens with zero attached hydrogens (tertiary/aromatic N) is 2. The van der Waals surface area contributed by atoms with Crippen LogP contribution in [0, 0.1) is 0 Å². The molecule has 4 aromatic carbocycles. The van der Waals surface area contributed by atoms with Crippen molar-refractivity contribution in [2.24, 2.45) is 0 Å². The molecule has 3 nitrogen and oxygen atoms in total. The van der Waals surface area contributed by atoms with Crippen LogP contribution in [0.4, 0.5) is 5.69 Å². The number of hydrogen-bond acceptors (Lipinski definition) is 3. The fraction of sp³-hybridized carbons (Fsp3) is 0.281. The van der Waals surface area contributed by atoms with Gasteiger partial charge in [-0.25, -0.2) is 0 Å². The van der Waals surface area contributed by atoms with Crippen molar-refractivity contribution in [3.05, 3.63) is 113 Å². The summed E-state index contributed by atoms with van der Waals surface area (Å²) in [7, 11) is 2.21. The molecule has 6 rings (SSSR count). The third-order valence-corrected chi connectivity index (χ3v) is 7.97. The summed E-state index contributed by atoms with van der Waals surface area (Å²) in [6, 6.07) is 31.9. The van der Waals surface area contributed by atoms with Crippen LogP contribution in [-0.2, 0) is 18.3 Å². The van der Waals surface area contributed by atoms with Crippen molar-refractivity contribution < 1.29 is 4.79 Å². The van der Waals surface area contributed by atoms with Crippen molar-refractivity contribution in [2.45, 2.75) is 24.7 Å². The Hall–Kier alpha value is -3.43. The maximum absolute atomic E-state index is 14.4. The molecule has 1 aliphatic carbocycles. The molecule has 2 aliphatic rings. The van der Waals surface area contributed by atoms with E-state index in [1.807, 2.05) is 18.2 Å². The Balaban J connectivity index is 1.52. The molecule has 176 valence electrons. The highest BCUT2D eigenvalue weighted by atomic mass is 16.1. The molecule has 0 spiro atoms. The van der Waals surface area contributed by atoms with E-state index >= 15 is 0 Å². The Morgan fingerprint density at radius 3 is 2.09 bits per heavy atom. The number of rotatable bonds is 5. The fourth-order valence-corrected chi connectivity index (χ4v) is 6.22. The van der Waals surface area contributed by atoms with Crippen molar-refractivity contribution in [1.82, 2.24) is 4.90 Å². The molecule has 0 aromatic heterocycles. The largest absolute Gasteiger partial charge is 0.370 e. The van der Waals surface area contributed by atoms with E-state index < -0.39 is 5.41 Å². The maximum Gasteiger partial charge on any atom is 0.174 e. The molecule has 35 heavy (non-hydrogen) atoms. The Bertz CT molecular complexity index is 1320. The van der Waals surface area contributed by atoms with Gasteiger partial charge in [0.15, 0.2) is 5.78 Å². The maximum atomic E-state index is 14.4. The second-order valence-electron chi connectivity index (χ2n) is 10.2. The first-order valence-corrected chi connectivity index (χ1v) is 12.8. The molecule has 0 radical (unpaired) electrons. The van der Waals surface area contributed by atoms with Crippen LogP contribution in [0.25, 0.3) is 10.8 Å². The topological polar surface area (TPSA) is 23.6 Å². The molecule has 0 bridgehead atoms. The van der Waals surface area contributed by atoms with Crippen LogP contribution in [0.5, 0.6) is 0 Å². The number of carbonyl (C=O) groups is 1. The average Bonchev–Trinajstić information content (AvgIpc) is 3.01. The Morgan fingerprint density at radius 2 is 1.40 bits per heavy atom. The lowest BCUT2D eigenvalue weighted by atomic mass is 9.71. The van der Waals surface area contributed by atoms with E-state index in [1.54, 1.807) is 0 Å². The highest BCUT2D eigenvalue weighted by molar-refractivity contribution is 6.22. The third kappa shape index (κ3) is 3.84. The van der Waals surface area contributed by atoms with Gasteiger partial charge in [-0.2, -0.15) is 0 Å². The zero-order valence-electron chi connectivity index (χ0n) is 20.4. The molecule has 0 saturated carbocycles. The lowest BCUT2D eigenvalue weighted by molar-refractivity contribution is 0.0892. The molecule has 1 fully saturated rings. The lowest BCUT2D eigenvalue weighted by Gasteiger charge is -2.31. The van der Waals surface area contributed by atoms with Gasteiger partial charge in [-0.3, -0.25) is 4.79 Å². The van der Waals surface area contributed by atoms with E-state index in [4.69, 9.17) is 0 Å². The molecule has 1 saturated heterocycles. The smallest absolute Gasteiger partial charge is 0.174 e. The summed E-state index contributed by atoms with van der Waals surface area (Å²) in [5.74, 6) is 0.263. The van der Waals surface area contributed by atoms with Gasteiger partial charge in [-0.15, -0.1) is 0 Å². The summed E-state index contributed by atoms with van der Waals surface area (Å²) in [4.78, 5) is 19.3. The van der Waals surface area contributed by atoms with Crippen LogP contribution in [0.3, 0.4) is 0 Å². The summed E-state index contributed by atoms with van der Waals surface area (Å²) >= 11 is 0. The van der Waals surface area contributed by atoms with Crippen LogP contribution in [0.15, 0.2) is 91.0 Å². The zero-order valence-corrected chi connectivity index (χ0v) is 20.4. The Morgan fingerprint density at radius 1 is 0.714 bits per heavy atom. The number of hydrogen-bond donors (Lipinski definition) is 0. The number of anilines is 1. The molecule has 3 heteroatoms. The van der Waals surface area contributed by atoms with Crippen LogP contribution >= 0.6 is 0 Å². The third-order valence-electron chi connectivity index (χ3n) is 7.97. The normalized spacial score (nSPS) is 17.6. The van der Waals surface area contributed by atoms with E-state index in [9.17, 15) is 4.79 Å². The van der Waals surface area contributed by atoms with Gasteiger partial charge >= 0.3 is 0 Å². The molecular weight excluding hydrogens is 428 g/mol. The minimum atomic E-state index is -0.595. The molecule has 0 unspecified atom stereocenters. The molecule has 1 heterocycles. The van der Waals surface area contributed by atoms with Crippen molar-refractivity contribution in [3.8, 4) is 0 Å². The lowest BCUT2D eigenvalue weighted by Crippen LogP contribution is -2.37. The van der Waals surface area contributed by atoms with Gasteiger partial charge in [0.25, 0.3) is 0 Å². The summed E-state index contributed by atoms with van der Waals surface area (Å²) in [6.45, 7) is 4.26. The highest BCUT2D eigenvalue weighted by Crippen LogP contribution is 2.48. The minimum Gasteiger partial charge on any atom is -0.370 e. The van der Waals surface area contributed by atoms with Crippen LogP contribution in [0.2, 0.25) is 0 Å². The van der Waals surface area contributed by atoms with Gasteiger partial charge in [0.05, 0.1) is 5.41 Å². The molecule has 1 aliphatic heterocycles. The van der Waals surface area contributed by atoms with Gasteiger partial charge in [0, 0.05) is 36.3 Å². The zero-order chi connectivity index (χ0) is 23.8. The van der Waals surface area contributed by atoms with E-state index in [-0.39, 0.29) is 5.78 Å². The number of Topliss-reactive ketones (excluding diaryl/α,β-unsaturated/α-hetero) is 1. The van der Waals surface area contributed by atoms with E-state index in [0.29, 0.717) is 12.8 Å². The predicted octanol–water partition coefficient (Wildman–Crippen LogP) is 5.90. The number of benzene rings is 4. The van der Waals surface area contributed by atoms with Gasteiger partial charge in [0.1, 0.15) is 0 Å². The number of ketones is 1. The Kier molecular flexibility index (Phi) is 5.66. The van der Waals surface area contributed by atoms with Crippen molar-refractivity contribution in [3.63, 3.8) is 0 Å². The summed E-state index contributed by atoms with van der Waals surface area (Å²) < 4.78 is 0. The number of carbonyl (C=O) groups excluding carboxylic acids is 1. The first kappa shape index (κ1) is 22.1. The first-order valence-electron chi connectivity index (χ1n) is 12.8. The summed E-state index contributed by atoms with van der Waals surface area (Å²) in [5, 5.41) is 2.39. The van der Waals surface area contributed by atoms with E-state index in [0.717, 1.165) is 38.2 Å². The summed E-state index contributed by atoms with van der Waals surface area (Å²) in [6.07, 6.45) is 2.57.